The van der Waals surface area contributed by atoms with Crippen LogP contribution in [0.5, 0.6) is 0 Å². The van der Waals surface area contributed by atoms with Crippen molar-refractivity contribution in [2.45, 2.75) is 39.5 Å². The Kier molecular flexibility index (Phi) is 6.82. The van der Waals surface area contributed by atoms with Crippen LogP contribution in [0.25, 0.3) is 0 Å². The van der Waals surface area contributed by atoms with E-state index in [1.807, 2.05) is 13.0 Å². The highest BCUT2D eigenvalue weighted by Gasteiger charge is 2.09. The van der Waals surface area contributed by atoms with Crippen molar-refractivity contribution in [1.82, 2.24) is 5.32 Å². The molecule has 0 spiro atoms. The molecule has 1 aromatic rings. The number of unbranched alkanes of at least 4 members (excludes halogenated alkanes) is 3. The molecular weight excluding hydrogens is 298 g/mol. The Morgan fingerprint density at radius 2 is 2.00 bits per heavy atom. The zero-order valence-corrected chi connectivity index (χ0v) is 12.9. The molecule has 0 bridgehead atoms. The van der Waals surface area contributed by atoms with Crippen molar-refractivity contribution in [3.63, 3.8) is 0 Å². The first-order valence-corrected chi connectivity index (χ1v) is 8.00. The lowest BCUT2D eigenvalue weighted by Crippen LogP contribution is -2.23. The van der Waals surface area contributed by atoms with Gasteiger partial charge in [0.25, 0.3) is 5.91 Å². The molecule has 0 aliphatic carbocycles. The van der Waals surface area contributed by atoms with E-state index in [9.17, 15) is 4.79 Å². The van der Waals surface area contributed by atoms with Crippen molar-refractivity contribution in [3.05, 3.63) is 21.4 Å². The smallest absolute Gasteiger partial charge is 0.261 e. The molecule has 0 aromatic carbocycles. The zero-order chi connectivity index (χ0) is 12.7. The fourth-order valence-electron chi connectivity index (χ4n) is 1.55. The average molecular weight is 318 g/mol. The van der Waals surface area contributed by atoms with Crippen molar-refractivity contribution < 1.29 is 4.79 Å². The fourth-order valence-corrected chi connectivity index (χ4v) is 2.89. The second-order valence-electron chi connectivity index (χ2n) is 4.21. The minimum Gasteiger partial charge on any atom is -0.351 e. The van der Waals surface area contributed by atoms with Gasteiger partial charge in [-0.2, -0.15) is 0 Å². The molecule has 4 heteroatoms. The van der Waals surface area contributed by atoms with E-state index in [0.29, 0.717) is 0 Å². The summed E-state index contributed by atoms with van der Waals surface area (Å²) in [4.78, 5) is 13.9. The normalized spacial score (nSPS) is 10.5. The quantitative estimate of drug-likeness (QED) is 0.596. The van der Waals surface area contributed by atoms with Crippen LogP contribution in [0, 0.1) is 13.8 Å². The van der Waals surface area contributed by atoms with Gasteiger partial charge in [-0.25, -0.2) is 0 Å². The predicted molar refractivity (Wildman–Crippen MR) is 78.4 cm³/mol. The maximum Gasteiger partial charge on any atom is 0.261 e. The lowest BCUT2D eigenvalue weighted by atomic mass is 10.2. The molecule has 0 saturated heterocycles. The third-order valence-corrected chi connectivity index (χ3v) is 4.45. The molecule has 0 aliphatic heterocycles. The van der Waals surface area contributed by atoms with Crippen LogP contribution in [0.3, 0.4) is 0 Å². The zero-order valence-electron chi connectivity index (χ0n) is 10.5. The summed E-state index contributed by atoms with van der Waals surface area (Å²) >= 11 is 4.99. The number of carbonyl (C=O) groups is 1. The lowest BCUT2D eigenvalue weighted by molar-refractivity contribution is 0.0957. The molecule has 0 fully saturated rings. The molecule has 1 aromatic heterocycles. The Labute approximate surface area is 116 Å². The van der Waals surface area contributed by atoms with E-state index in [2.05, 4.69) is 28.2 Å². The third kappa shape index (κ3) is 5.21. The molecular formula is C13H20BrNOS. The standard InChI is InChI=1S/C13H20BrNOS/c1-10-9-12(17-11(10)2)13(16)15-8-6-4-3-5-7-14/h9H,3-8H2,1-2H3,(H,15,16). The highest BCUT2D eigenvalue weighted by Crippen LogP contribution is 2.20. The summed E-state index contributed by atoms with van der Waals surface area (Å²) < 4.78 is 0. The Bertz CT molecular complexity index is 343. The molecule has 0 atom stereocenters. The predicted octanol–water partition coefficient (Wildman–Crippen LogP) is 4.05. The van der Waals surface area contributed by atoms with Gasteiger partial charge in [-0.1, -0.05) is 28.8 Å². The molecule has 1 heterocycles. The molecule has 2 nitrogen and oxygen atoms in total. The van der Waals surface area contributed by atoms with Gasteiger partial charge in [0.2, 0.25) is 0 Å². The SMILES string of the molecule is Cc1cc(C(=O)NCCCCCCBr)sc1C. The summed E-state index contributed by atoms with van der Waals surface area (Å²) in [6, 6.07) is 1.97. The van der Waals surface area contributed by atoms with Crippen molar-refractivity contribution in [2.75, 3.05) is 11.9 Å². The number of hydrogen-bond donors (Lipinski definition) is 1. The van der Waals surface area contributed by atoms with E-state index in [-0.39, 0.29) is 5.91 Å². The molecule has 1 rings (SSSR count). The van der Waals surface area contributed by atoms with Crippen LogP contribution in [-0.4, -0.2) is 17.8 Å². The summed E-state index contributed by atoms with van der Waals surface area (Å²) in [6.07, 6.45) is 4.71. The number of halogens is 1. The number of carbonyl (C=O) groups excluding carboxylic acids is 1. The summed E-state index contributed by atoms with van der Waals surface area (Å²) in [5, 5.41) is 4.05. The van der Waals surface area contributed by atoms with Crippen LogP contribution in [0.4, 0.5) is 0 Å². The molecule has 0 aliphatic rings. The Morgan fingerprint density at radius 1 is 1.29 bits per heavy atom. The molecule has 0 unspecified atom stereocenters. The summed E-state index contributed by atoms with van der Waals surface area (Å²) in [5.74, 6) is 0.0756. The topological polar surface area (TPSA) is 29.1 Å². The minimum absolute atomic E-state index is 0.0756. The van der Waals surface area contributed by atoms with Gasteiger partial charge in [-0.05, 0) is 38.3 Å². The molecule has 1 N–H and O–H groups in total. The molecule has 0 radical (unpaired) electrons. The summed E-state index contributed by atoms with van der Waals surface area (Å²) in [7, 11) is 0. The molecule has 0 saturated carbocycles. The van der Waals surface area contributed by atoms with Gasteiger partial charge in [0, 0.05) is 16.8 Å². The van der Waals surface area contributed by atoms with Gasteiger partial charge in [0.15, 0.2) is 0 Å². The van der Waals surface area contributed by atoms with Crippen molar-refractivity contribution in [3.8, 4) is 0 Å². The third-order valence-electron chi connectivity index (χ3n) is 2.74. The van der Waals surface area contributed by atoms with Gasteiger partial charge >= 0.3 is 0 Å². The Morgan fingerprint density at radius 3 is 2.59 bits per heavy atom. The molecule has 96 valence electrons. The number of alkyl halides is 1. The number of nitrogens with one attached hydrogen (secondary N) is 1. The van der Waals surface area contributed by atoms with Crippen LogP contribution >= 0.6 is 27.3 Å². The lowest BCUT2D eigenvalue weighted by Gasteiger charge is -2.02. The van der Waals surface area contributed by atoms with E-state index < -0.39 is 0 Å². The number of rotatable bonds is 7. The Hall–Kier alpha value is -0.350. The number of amides is 1. The first-order valence-electron chi connectivity index (χ1n) is 6.06. The van der Waals surface area contributed by atoms with Crippen LogP contribution in [0.2, 0.25) is 0 Å². The maximum atomic E-state index is 11.8. The highest BCUT2D eigenvalue weighted by atomic mass is 79.9. The minimum atomic E-state index is 0.0756. The van der Waals surface area contributed by atoms with Crippen LogP contribution < -0.4 is 5.32 Å². The van der Waals surface area contributed by atoms with Crippen molar-refractivity contribution in [1.29, 1.82) is 0 Å². The second-order valence-corrected chi connectivity index (χ2v) is 6.26. The van der Waals surface area contributed by atoms with E-state index in [4.69, 9.17) is 0 Å². The van der Waals surface area contributed by atoms with E-state index >= 15 is 0 Å². The maximum absolute atomic E-state index is 11.8. The first-order chi connectivity index (χ1) is 8.15. The summed E-state index contributed by atoms with van der Waals surface area (Å²) in [6.45, 7) is 4.89. The number of aryl methyl sites for hydroxylation is 2. The van der Waals surface area contributed by atoms with E-state index in [1.54, 1.807) is 11.3 Å². The Balaban J connectivity index is 2.21. The number of hydrogen-bond acceptors (Lipinski definition) is 2. The number of thiophene rings is 1. The van der Waals surface area contributed by atoms with Crippen LogP contribution in [-0.2, 0) is 0 Å². The highest BCUT2D eigenvalue weighted by molar-refractivity contribution is 9.09. The first kappa shape index (κ1) is 14.7. The van der Waals surface area contributed by atoms with Gasteiger partial charge in [0.05, 0.1) is 4.88 Å². The monoisotopic (exact) mass is 317 g/mol. The van der Waals surface area contributed by atoms with E-state index in [1.165, 1.54) is 29.7 Å². The summed E-state index contributed by atoms with van der Waals surface area (Å²) in [5.41, 5.74) is 1.21. The van der Waals surface area contributed by atoms with Crippen LogP contribution in [0.15, 0.2) is 6.07 Å². The van der Waals surface area contributed by atoms with E-state index in [0.717, 1.165) is 23.2 Å². The van der Waals surface area contributed by atoms with Crippen molar-refractivity contribution in [2.24, 2.45) is 0 Å². The largest absolute Gasteiger partial charge is 0.351 e. The second kappa shape index (κ2) is 7.88. The van der Waals surface area contributed by atoms with Crippen molar-refractivity contribution >= 4 is 33.2 Å². The molecule has 17 heavy (non-hydrogen) atoms. The molecule has 1 amide bonds. The van der Waals surface area contributed by atoms with Gasteiger partial charge in [0.1, 0.15) is 0 Å². The van der Waals surface area contributed by atoms with Gasteiger partial charge in [-0.15, -0.1) is 11.3 Å². The van der Waals surface area contributed by atoms with Crippen LogP contribution in [0.1, 0.15) is 45.8 Å². The fraction of sp³-hybridized carbons (Fsp3) is 0.615. The van der Waals surface area contributed by atoms with Gasteiger partial charge in [-0.3, -0.25) is 4.79 Å². The van der Waals surface area contributed by atoms with Gasteiger partial charge < -0.3 is 5.32 Å². The average Bonchev–Trinajstić information content (AvgIpc) is 2.64.